The van der Waals surface area contributed by atoms with Gasteiger partial charge in [-0.3, -0.25) is 19.5 Å². The van der Waals surface area contributed by atoms with Crippen molar-refractivity contribution in [3.8, 4) is 51.5 Å². The van der Waals surface area contributed by atoms with E-state index in [1.165, 1.54) is 6.20 Å². The lowest BCUT2D eigenvalue weighted by atomic mass is 9.96. The molecule has 1 atom stereocenters. The van der Waals surface area contributed by atoms with Crippen LogP contribution >= 0.6 is 11.6 Å². The molecule has 1 unspecified atom stereocenters. The van der Waals surface area contributed by atoms with Gasteiger partial charge in [-0.2, -0.15) is 5.26 Å². The van der Waals surface area contributed by atoms with E-state index < -0.39 is 11.2 Å². The number of benzene rings is 4. The Bertz CT molecular complexity index is 2870. The van der Waals surface area contributed by atoms with E-state index >= 15 is 0 Å². The minimum atomic E-state index is -0.593. The second-order valence-electron chi connectivity index (χ2n) is 16.3. The summed E-state index contributed by atoms with van der Waals surface area (Å²) < 4.78 is 24.6. The summed E-state index contributed by atoms with van der Waals surface area (Å²) in [6.07, 6.45) is 3.94. The summed E-state index contributed by atoms with van der Waals surface area (Å²) in [5, 5.41) is 18.5. The monoisotopic (exact) mass is 894 g/mol. The smallest absolute Gasteiger partial charge is 0.325 e. The van der Waals surface area contributed by atoms with Gasteiger partial charge in [0.2, 0.25) is 5.91 Å². The number of likely N-dealkylation sites (tertiary alicyclic amines) is 1. The third kappa shape index (κ3) is 9.69. The van der Waals surface area contributed by atoms with Gasteiger partial charge in [-0.05, 0) is 96.6 Å². The second-order valence-corrected chi connectivity index (χ2v) is 16.7. The van der Waals surface area contributed by atoms with Crippen molar-refractivity contribution in [3.63, 3.8) is 0 Å². The molecule has 1 amide bonds. The van der Waals surface area contributed by atoms with Crippen molar-refractivity contribution in [2.75, 3.05) is 50.8 Å². The zero-order valence-electron chi connectivity index (χ0n) is 35.8. The molecule has 65 heavy (non-hydrogen) atoms. The lowest BCUT2D eigenvalue weighted by Crippen LogP contribution is -2.56. The Balaban J connectivity index is 0.901. The minimum absolute atomic E-state index is 0.0822. The molecule has 2 aromatic heterocycles. The van der Waals surface area contributed by atoms with E-state index in [0.29, 0.717) is 79.5 Å². The van der Waals surface area contributed by atoms with Crippen LogP contribution in [0.1, 0.15) is 47.1 Å². The fourth-order valence-corrected chi connectivity index (χ4v) is 8.88. The summed E-state index contributed by atoms with van der Waals surface area (Å²) in [7, 11) is 0. The van der Waals surface area contributed by atoms with Gasteiger partial charge in [-0.25, -0.2) is 4.79 Å². The van der Waals surface area contributed by atoms with Crippen LogP contribution in [0.3, 0.4) is 0 Å². The van der Waals surface area contributed by atoms with Crippen LogP contribution in [0, 0.1) is 18.3 Å². The molecule has 6 aromatic rings. The maximum absolute atomic E-state index is 14.3. The van der Waals surface area contributed by atoms with E-state index in [0.717, 1.165) is 70.7 Å². The fraction of sp³-hybridized carbons (Fsp3) is 0.306. The Kier molecular flexibility index (Phi) is 12.8. The number of fused-ring (bicyclic) bond motifs is 1. The number of carbonyl (C=O) groups excluding carboxylic acids is 1. The van der Waals surface area contributed by atoms with Crippen molar-refractivity contribution in [2.24, 2.45) is 0 Å². The van der Waals surface area contributed by atoms with Crippen molar-refractivity contribution < 1.29 is 23.7 Å². The number of carbonyl (C=O) groups is 1. The van der Waals surface area contributed by atoms with Crippen LogP contribution < -0.4 is 35.1 Å². The molecule has 332 valence electrons. The molecule has 2 N–H and O–H groups in total. The molecular weight excluding hydrogens is 848 g/mol. The number of hydrogen-bond acceptors (Lipinski definition) is 12. The van der Waals surface area contributed by atoms with Gasteiger partial charge in [0.05, 0.1) is 28.3 Å². The molecular formula is C49H47ClN8O7. The van der Waals surface area contributed by atoms with Gasteiger partial charge in [0.15, 0.2) is 17.3 Å². The highest BCUT2D eigenvalue weighted by atomic mass is 35.5. The number of aromatic nitrogens is 4. The van der Waals surface area contributed by atoms with Crippen LogP contribution in [0.15, 0.2) is 101 Å². The van der Waals surface area contributed by atoms with E-state index in [9.17, 15) is 19.6 Å². The molecule has 4 aromatic carbocycles. The maximum Gasteiger partial charge on any atom is 0.325 e. The average Bonchev–Trinajstić information content (AvgIpc) is 3.34. The van der Waals surface area contributed by atoms with Crippen molar-refractivity contribution in [2.45, 2.75) is 52.0 Å². The highest BCUT2D eigenvalue weighted by molar-refractivity contribution is 6.32. The van der Waals surface area contributed by atoms with Gasteiger partial charge in [-0.15, -0.1) is 10.2 Å². The van der Waals surface area contributed by atoms with Gasteiger partial charge in [-0.1, -0.05) is 54.4 Å². The average molecular weight is 895 g/mol. The topological polar surface area (TPSA) is 179 Å². The van der Waals surface area contributed by atoms with Crippen molar-refractivity contribution in [1.29, 1.82) is 5.26 Å². The van der Waals surface area contributed by atoms with E-state index in [4.69, 9.17) is 30.5 Å². The SMILES string of the molecule is Cc1c(COc2cc(OCc3cccc(C#N)c3)c(CN3CCCCC3C(=O)N3CCN(c4ccc(-c5c[nH]c(=O)[nH]c5=O)nn4)CC3)cc2Cl)cccc1-c1ccc2c(c1)OCCO2. The largest absolute Gasteiger partial charge is 0.488 e. The van der Waals surface area contributed by atoms with E-state index in [1.807, 2.05) is 65.6 Å². The van der Waals surface area contributed by atoms with Gasteiger partial charge in [0.1, 0.15) is 43.6 Å². The predicted octanol–water partition coefficient (Wildman–Crippen LogP) is 6.65. The van der Waals surface area contributed by atoms with Crippen molar-refractivity contribution in [1.82, 2.24) is 30.0 Å². The summed E-state index contributed by atoms with van der Waals surface area (Å²) in [5.41, 5.74) is 5.77. The molecule has 3 aliphatic heterocycles. The van der Waals surface area contributed by atoms with Crippen LogP contribution in [-0.2, 0) is 24.6 Å². The molecule has 0 bridgehead atoms. The van der Waals surface area contributed by atoms with Crippen LogP contribution in [-0.4, -0.2) is 87.9 Å². The first-order chi connectivity index (χ1) is 31.7. The van der Waals surface area contributed by atoms with E-state index in [-0.39, 0.29) is 30.7 Å². The zero-order chi connectivity index (χ0) is 44.9. The Morgan fingerprint density at radius 2 is 1.66 bits per heavy atom. The van der Waals surface area contributed by atoms with Crippen LogP contribution in [0.5, 0.6) is 23.0 Å². The number of nitrogens with zero attached hydrogens (tertiary/aromatic N) is 6. The van der Waals surface area contributed by atoms with Crippen LogP contribution in [0.4, 0.5) is 5.82 Å². The molecule has 15 nitrogen and oxygen atoms in total. The third-order valence-electron chi connectivity index (χ3n) is 12.2. The Labute approximate surface area is 380 Å². The number of piperazine rings is 1. The molecule has 3 aliphatic rings. The standard InChI is InChI=1S/C49H47ClN8O7/c1-31-35(8-5-9-37(31)34-11-13-42-45(24-34)63-21-20-62-42)30-65-44-25-43(64-29-33-7-4-6-32(22-33)26-51)36(23-39(44)50)28-58-15-3-2-10-41(58)48(60)57-18-16-56(17-19-57)46-14-12-40(54-55-46)38-27-52-49(61)53-47(38)59/h4-9,11-14,22-25,27,41H,2-3,10,15-21,28-30H2,1H3,(H2,52,53,59,61). The molecule has 2 saturated heterocycles. The lowest BCUT2D eigenvalue weighted by Gasteiger charge is -2.41. The number of nitriles is 1. The molecule has 5 heterocycles. The lowest BCUT2D eigenvalue weighted by molar-refractivity contribution is -0.139. The number of anilines is 1. The highest BCUT2D eigenvalue weighted by Gasteiger charge is 2.34. The summed E-state index contributed by atoms with van der Waals surface area (Å²) in [4.78, 5) is 48.9. The number of nitrogens with one attached hydrogen (secondary N) is 2. The molecule has 0 saturated carbocycles. The number of rotatable bonds is 12. The number of H-pyrrole nitrogens is 2. The van der Waals surface area contributed by atoms with Gasteiger partial charge in [0.25, 0.3) is 5.56 Å². The third-order valence-corrected chi connectivity index (χ3v) is 12.5. The summed E-state index contributed by atoms with van der Waals surface area (Å²) in [5.74, 6) is 3.24. The van der Waals surface area contributed by atoms with Crippen molar-refractivity contribution >= 4 is 23.3 Å². The second kappa shape index (κ2) is 19.3. The number of halogens is 1. The number of ether oxygens (including phenoxy) is 4. The summed E-state index contributed by atoms with van der Waals surface area (Å²) in [6, 6.07) is 28.5. The van der Waals surface area contributed by atoms with Gasteiger partial charge < -0.3 is 33.7 Å². The van der Waals surface area contributed by atoms with Gasteiger partial charge in [0, 0.05) is 50.6 Å². The molecule has 16 heteroatoms. The molecule has 0 radical (unpaired) electrons. The quantitative estimate of drug-likeness (QED) is 0.134. The normalized spacial score (nSPS) is 16.2. The predicted molar refractivity (Wildman–Crippen MR) is 244 cm³/mol. The number of hydrogen-bond donors (Lipinski definition) is 2. The Morgan fingerprint density at radius 3 is 2.46 bits per heavy atom. The maximum atomic E-state index is 14.3. The molecule has 0 spiro atoms. The van der Waals surface area contributed by atoms with E-state index in [2.05, 4.69) is 49.0 Å². The summed E-state index contributed by atoms with van der Waals surface area (Å²) in [6.45, 7) is 6.92. The highest BCUT2D eigenvalue weighted by Crippen LogP contribution is 2.38. The zero-order valence-corrected chi connectivity index (χ0v) is 36.6. The molecule has 2 fully saturated rings. The first-order valence-corrected chi connectivity index (χ1v) is 22.1. The van der Waals surface area contributed by atoms with Crippen molar-refractivity contribution in [3.05, 3.63) is 145 Å². The first kappa shape index (κ1) is 43.1. The summed E-state index contributed by atoms with van der Waals surface area (Å²) >= 11 is 7.04. The van der Waals surface area contributed by atoms with Crippen LogP contribution in [0.25, 0.3) is 22.4 Å². The number of aromatic amines is 2. The van der Waals surface area contributed by atoms with Gasteiger partial charge >= 0.3 is 5.69 Å². The minimum Gasteiger partial charge on any atom is -0.488 e. The Morgan fingerprint density at radius 1 is 0.846 bits per heavy atom. The van der Waals surface area contributed by atoms with E-state index in [1.54, 1.807) is 18.2 Å². The number of amides is 1. The first-order valence-electron chi connectivity index (χ1n) is 21.7. The fourth-order valence-electron chi connectivity index (χ4n) is 8.64. The molecule has 9 rings (SSSR count). The number of piperidine rings is 1. The molecule has 0 aliphatic carbocycles. The Hall–Kier alpha value is -7.15. The van der Waals surface area contributed by atoms with Crippen LogP contribution in [0.2, 0.25) is 5.02 Å².